The molecule has 0 aliphatic carbocycles. The average molecular weight is 248 g/mol. The number of rotatable bonds is 6. The summed E-state index contributed by atoms with van der Waals surface area (Å²) in [5.74, 6) is 2.57. The normalized spacial score (nSPS) is 10.3. The highest BCUT2D eigenvalue weighted by Gasteiger charge is 2.06. The zero-order valence-electron chi connectivity index (χ0n) is 10.5. The molecule has 96 valence electrons. The summed E-state index contributed by atoms with van der Waals surface area (Å²) >= 11 is 0. The zero-order valence-corrected chi connectivity index (χ0v) is 10.5. The first kappa shape index (κ1) is 12.3. The molecule has 0 unspecified atom stereocenters. The molecule has 0 aliphatic heterocycles. The Balaban J connectivity index is 1.99. The van der Waals surface area contributed by atoms with Crippen LogP contribution in [0.15, 0.2) is 22.9 Å². The molecule has 0 aliphatic rings. The van der Waals surface area contributed by atoms with E-state index in [2.05, 4.69) is 27.4 Å². The monoisotopic (exact) mass is 248 g/mol. The molecule has 0 saturated heterocycles. The highest BCUT2D eigenvalue weighted by molar-refractivity contribution is 5.49. The van der Waals surface area contributed by atoms with Crippen molar-refractivity contribution in [3.05, 3.63) is 30.0 Å². The maximum absolute atomic E-state index is 5.59. The standard InChI is InChI=1S/C12H16N4O2/c1-3-7-17-10-5-4-6-13-12(10)14-8-11-15-9(2)18-16-11/h4-6H,3,7-8H2,1-2H3,(H,13,14). The van der Waals surface area contributed by atoms with Crippen molar-refractivity contribution in [1.82, 2.24) is 15.1 Å². The number of aromatic nitrogens is 3. The summed E-state index contributed by atoms with van der Waals surface area (Å²) in [5, 5.41) is 6.94. The zero-order chi connectivity index (χ0) is 12.8. The molecule has 0 saturated carbocycles. The van der Waals surface area contributed by atoms with Crippen LogP contribution >= 0.6 is 0 Å². The molecule has 0 radical (unpaired) electrons. The van der Waals surface area contributed by atoms with E-state index in [4.69, 9.17) is 9.26 Å². The predicted octanol–water partition coefficient (Wildman–Crippen LogP) is 2.17. The fraction of sp³-hybridized carbons (Fsp3) is 0.417. The molecule has 6 nitrogen and oxygen atoms in total. The number of hydrogen-bond donors (Lipinski definition) is 1. The van der Waals surface area contributed by atoms with Crippen LogP contribution in [0.3, 0.4) is 0 Å². The van der Waals surface area contributed by atoms with Crippen LogP contribution in [0.25, 0.3) is 0 Å². The maximum Gasteiger partial charge on any atom is 0.223 e. The molecule has 0 bridgehead atoms. The molecule has 6 heteroatoms. The van der Waals surface area contributed by atoms with Gasteiger partial charge in [-0.05, 0) is 18.6 Å². The SMILES string of the molecule is CCCOc1cccnc1NCc1noc(C)n1. The third kappa shape index (κ3) is 3.19. The van der Waals surface area contributed by atoms with Crippen molar-refractivity contribution < 1.29 is 9.26 Å². The van der Waals surface area contributed by atoms with Gasteiger partial charge in [-0.1, -0.05) is 12.1 Å². The van der Waals surface area contributed by atoms with Crippen molar-refractivity contribution in [2.45, 2.75) is 26.8 Å². The lowest BCUT2D eigenvalue weighted by molar-refractivity contribution is 0.317. The molecule has 2 rings (SSSR count). The second kappa shape index (κ2) is 6.00. The summed E-state index contributed by atoms with van der Waals surface area (Å²) in [7, 11) is 0. The van der Waals surface area contributed by atoms with Crippen LogP contribution in [-0.4, -0.2) is 21.7 Å². The third-order valence-corrected chi connectivity index (χ3v) is 2.22. The van der Waals surface area contributed by atoms with Crippen LogP contribution in [0.5, 0.6) is 5.75 Å². The van der Waals surface area contributed by atoms with Gasteiger partial charge in [0.2, 0.25) is 5.89 Å². The Morgan fingerprint density at radius 3 is 3.06 bits per heavy atom. The van der Waals surface area contributed by atoms with E-state index in [1.807, 2.05) is 12.1 Å². The second-order valence-electron chi connectivity index (χ2n) is 3.78. The van der Waals surface area contributed by atoms with Gasteiger partial charge in [0.15, 0.2) is 17.4 Å². The molecule has 2 aromatic heterocycles. The molecule has 0 fully saturated rings. The molecule has 0 spiro atoms. The summed E-state index contributed by atoms with van der Waals surface area (Å²) in [5.41, 5.74) is 0. The number of anilines is 1. The third-order valence-electron chi connectivity index (χ3n) is 2.22. The van der Waals surface area contributed by atoms with Crippen molar-refractivity contribution >= 4 is 5.82 Å². The Morgan fingerprint density at radius 2 is 2.33 bits per heavy atom. The van der Waals surface area contributed by atoms with E-state index >= 15 is 0 Å². The van der Waals surface area contributed by atoms with Crippen LogP contribution in [-0.2, 0) is 6.54 Å². The Kier molecular flexibility index (Phi) is 4.11. The van der Waals surface area contributed by atoms with Crippen LogP contribution in [0.2, 0.25) is 0 Å². The van der Waals surface area contributed by atoms with Crippen molar-refractivity contribution in [3.8, 4) is 5.75 Å². The molecule has 0 atom stereocenters. The average Bonchev–Trinajstić information content (AvgIpc) is 2.81. The van der Waals surface area contributed by atoms with Gasteiger partial charge in [0.1, 0.15) is 0 Å². The molecule has 2 heterocycles. The minimum atomic E-state index is 0.455. The van der Waals surface area contributed by atoms with Crippen molar-refractivity contribution in [1.29, 1.82) is 0 Å². The summed E-state index contributed by atoms with van der Waals surface area (Å²) < 4.78 is 10.5. The minimum Gasteiger partial charge on any atom is -0.490 e. The topological polar surface area (TPSA) is 73.1 Å². The van der Waals surface area contributed by atoms with Crippen LogP contribution in [0.4, 0.5) is 5.82 Å². The number of nitrogens with zero attached hydrogens (tertiary/aromatic N) is 3. The lowest BCUT2D eigenvalue weighted by Gasteiger charge is -2.10. The van der Waals surface area contributed by atoms with Gasteiger partial charge >= 0.3 is 0 Å². The number of aryl methyl sites for hydroxylation is 1. The van der Waals surface area contributed by atoms with Crippen LogP contribution in [0.1, 0.15) is 25.1 Å². The molecule has 18 heavy (non-hydrogen) atoms. The Bertz CT molecular complexity index is 498. The highest BCUT2D eigenvalue weighted by atomic mass is 16.5. The lowest BCUT2D eigenvalue weighted by Crippen LogP contribution is -2.06. The predicted molar refractivity (Wildman–Crippen MR) is 66.4 cm³/mol. The van der Waals surface area contributed by atoms with Crippen LogP contribution in [0, 0.1) is 6.92 Å². The highest BCUT2D eigenvalue weighted by Crippen LogP contribution is 2.21. The number of pyridine rings is 1. The molecule has 0 amide bonds. The number of nitrogens with one attached hydrogen (secondary N) is 1. The first-order valence-corrected chi connectivity index (χ1v) is 5.90. The summed E-state index contributed by atoms with van der Waals surface area (Å²) in [6, 6.07) is 3.72. The molecule has 2 aromatic rings. The summed E-state index contributed by atoms with van der Waals surface area (Å²) in [6.45, 7) is 4.94. The van der Waals surface area contributed by atoms with E-state index in [0.29, 0.717) is 30.7 Å². The van der Waals surface area contributed by atoms with Gasteiger partial charge in [0, 0.05) is 13.1 Å². The van der Waals surface area contributed by atoms with Gasteiger partial charge in [-0.3, -0.25) is 0 Å². The van der Waals surface area contributed by atoms with E-state index in [1.165, 1.54) is 0 Å². The molecular weight excluding hydrogens is 232 g/mol. The second-order valence-corrected chi connectivity index (χ2v) is 3.78. The smallest absolute Gasteiger partial charge is 0.223 e. The van der Waals surface area contributed by atoms with Gasteiger partial charge in [-0.2, -0.15) is 4.98 Å². The van der Waals surface area contributed by atoms with Gasteiger partial charge in [-0.25, -0.2) is 4.98 Å². The van der Waals surface area contributed by atoms with E-state index in [1.54, 1.807) is 13.1 Å². The lowest BCUT2D eigenvalue weighted by atomic mass is 10.4. The first-order chi connectivity index (χ1) is 8.79. The van der Waals surface area contributed by atoms with Gasteiger partial charge in [0.05, 0.1) is 13.2 Å². The molecular formula is C12H16N4O2. The quantitative estimate of drug-likeness (QED) is 0.844. The van der Waals surface area contributed by atoms with Gasteiger partial charge in [0.25, 0.3) is 0 Å². The van der Waals surface area contributed by atoms with Crippen molar-refractivity contribution in [2.75, 3.05) is 11.9 Å². The summed E-state index contributed by atoms with van der Waals surface area (Å²) in [6.07, 6.45) is 2.67. The number of ether oxygens (including phenoxy) is 1. The Hall–Kier alpha value is -2.11. The number of hydrogen-bond acceptors (Lipinski definition) is 6. The largest absolute Gasteiger partial charge is 0.490 e. The van der Waals surface area contributed by atoms with Gasteiger partial charge in [-0.15, -0.1) is 0 Å². The fourth-order valence-electron chi connectivity index (χ4n) is 1.43. The van der Waals surface area contributed by atoms with E-state index in [9.17, 15) is 0 Å². The minimum absolute atomic E-state index is 0.455. The van der Waals surface area contributed by atoms with E-state index < -0.39 is 0 Å². The van der Waals surface area contributed by atoms with Crippen molar-refractivity contribution in [2.24, 2.45) is 0 Å². The van der Waals surface area contributed by atoms with E-state index in [-0.39, 0.29) is 0 Å². The Labute approximate surface area is 105 Å². The Morgan fingerprint density at radius 1 is 1.44 bits per heavy atom. The van der Waals surface area contributed by atoms with Gasteiger partial charge < -0.3 is 14.6 Å². The maximum atomic E-state index is 5.59. The summed E-state index contributed by atoms with van der Waals surface area (Å²) in [4.78, 5) is 8.34. The van der Waals surface area contributed by atoms with Crippen LogP contribution < -0.4 is 10.1 Å². The van der Waals surface area contributed by atoms with Crippen molar-refractivity contribution in [3.63, 3.8) is 0 Å². The molecule has 1 N–H and O–H groups in total. The molecule has 0 aromatic carbocycles. The fourth-order valence-corrected chi connectivity index (χ4v) is 1.43. The van der Waals surface area contributed by atoms with E-state index in [0.717, 1.165) is 12.2 Å². The first-order valence-electron chi connectivity index (χ1n) is 5.90.